The number of fused-ring (bicyclic) bond motifs is 1. The van der Waals surface area contributed by atoms with E-state index in [9.17, 15) is 9.59 Å². The van der Waals surface area contributed by atoms with Gasteiger partial charge in [-0.15, -0.1) is 0 Å². The molecule has 40 heavy (non-hydrogen) atoms. The van der Waals surface area contributed by atoms with Crippen LogP contribution in [-0.2, 0) is 21.4 Å². The van der Waals surface area contributed by atoms with Crippen LogP contribution < -0.4 is 25.6 Å². The Hall–Kier alpha value is -4.90. The van der Waals surface area contributed by atoms with Crippen LogP contribution in [0.25, 0.3) is 22.2 Å². The van der Waals surface area contributed by atoms with Gasteiger partial charge in [-0.3, -0.25) is 10.1 Å². The summed E-state index contributed by atoms with van der Waals surface area (Å²) in [6, 6.07) is 13.4. The normalized spacial score (nSPS) is 11.5. The first-order valence-electron chi connectivity index (χ1n) is 12.7. The molecule has 208 valence electrons. The quantitative estimate of drug-likeness (QED) is 0.146. The molecule has 1 atom stereocenters. The summed E-state index contributed by atoms with van der Waals surface area (Å²) in [5, 5.41) is 10.1. The lowest BCUT2D eigenvalue weighted by molar-refractivity contribution is -0.145. The number of nitrogens with zero attached hydrogens (tertiary/aromatic N) is 4. The van der Waals surface area contributed by atoms with Crippen LogP contribution in [0.5, 0.6) is 5.75 Å². The smallest absolute Gasteiger partial charge is 0.343 e. The maximum absolute atomic E-state index is 12.6. The summed E-state index contributed by atoms with van der Waals surface area (Å²) >= 11 is 0. The number of hydrogen-bond donors (Lipinski definition) is 3. The number of para-hydroxylation sites is 1. The molecular weight excluding hydrogens is 510 g/mol. The predicted octanol–water partition coefficient (Wildman–Crippen LogP) is 4.06. The molecule has 0 aliphatic rings. The maximum Gasteiger partial charge on any atom is 0.343 e. The van der Waals surface area contributed by atoms with Gasteiger partial charge in [-0.2, -0.15) is 0 Å². The number of carbonyl (C=O) groups is 2. The minimum absolute atomic E-state index is 0.231. The van der Waals surface area contributed by atoms with E-state index in [1.807, 2.05) is 31.4 Å². The molecule has 2 aromatic heterocycles. The molecule has 0 radical (unpaired) electrons. The van der Waals surface area contributed by atoms with Crippen LogP contribution in [0.4, 0.5) is 23.0 Å². The Morgan fingerprint density at radius 3 is 2.67 bits per heavy atom. The molecule has 4 rings (SSSR count). The van der Waals surface area contributed by atoms with Crippen LogP contribution in [0.15, 0.2) is 67.5 Å². The van der Waals surface area contributed by atoms with Gasteiger partial charge in [0, 0.05) is 49.0 Å². The number of hydrogen-bond acceptors (Lipinski definition) is 9. The van der Waals surface area contributed by atoms with Crippen LogP contribution in [0.1, 0.15) is 6.92 Å². The number of aryl methyl sites for hydroxylation is 1. The lowest BCUT2D eigenvalue weighted by Gasteiger charge is -2.30. The Kier molecular flexibility index (Phi) is 8.65. The number of rotatable bonds is 11. The highest BCUT2D eigenvalue weighted by atomic mass is 16.5. The molecule has 0 aliphatic carbocycles. The minimum atomic E-state index is -0.816. The first-order valence-corrected chi connectivity index (χ1v) is 12.7. The third-order valence-corrected chi connectivity index (χ3v) is 6.39. The second-order valence-electron chi connectivity index (χ2n) is 8.88. The molecule has 11 nitrogen and oxygen atoms in total. The fraction of sp³-hybridized carbons (Fsp3) is 0.241. The van der Waals surface area contributed by atoms with Gasteiger partial charge >= 0.3 is 5.97 Å². The largest absolute Gasteiger partial charge is 0.494 e. The number of benzene rings is 2. The molecule has 0 bridgehead atoms. The standard InChI is InChI=1S/C29H33N7O4/c1-7-26(37)32-21-15-22(25(39-6)16-24(21)36(5)27(30-3)28(38)40-8-2)34-29-31-14-13-20(33-29)19-17-35(4)23-12-10-9-11-18(19)23/h7,9-17,27,30H,1,8H2,2-6H3,(H,32,37)(H,31,33,34). The van der Waals surface area contributed by atoms with E-state index in [2.05, 4.69) is 44.2 Å². The summed E-state index contributed by atoms with van der Waals surface area (Å²) in [5.41, 5.74) is 4.24. The number of methoxy groups -OCH3 is 1. The highest BCUT2D eigenvalue weighted by molar-refractivity contribution is 6.02. The van der Waals surface area contributed by atoms with Crippen molar-refractivity contribution in [3.8, 4) is 17.0 Å². The fourth-order valence-corrected chi connectivity index (χ4v) is 4.48. The molecule has 0 saturated carbocycles. The average molecular weight is 544 g/mol. The zero-order valence-electron chi connectivity index (χ0n) is 23.2. The second-order valence-corrected chi connectivity index (χ2v) is 8.88. The number of esters is 1. The third kappa shape index (κ3) is 5.74. The molecule has 3 N–H and O–H groups in total. The van der Waals surface area contributed by atoms with Crippen molar-refractivity contribution in [2.45, 2.75) is 13.1 Å². The molecule has 1 unspecified atom stereocenters. The van der Waals surface area contributed by atoms with E-state index in [1.54, 1.807) is 44.2 Å². The van der Waals surface area contributed by atoms with Crippen molar-refractivity contribution < 1.29 is 19.1 Å². The van der Waals surface area contributed by atoms with Crippen molar-refractivity contribution in [2.75, 3.05) is 43.3 Å². The van der Waals surface area contributed by atoms with Gasteiger partial charge in [-0.1, -0.05) is 24.8 Å². The van der Waals surface area contributed by atoms with Gasteiger partial charge in [-0.05, 0) is 38.2 Å². The number of ether oxygens (including phenoxy) is 2. The molecule has 0 spiro atoms. The first kappa shape index (κ1) is 28.1. The van der Waals surface area contributed by atoms with Gasteiger partial charge in [0.25, 0.3) is 0 Å². The summed E-state index contributed by atoms with van der Waals surface area (Å²) in [6.07, 6.45) is 4.06. The van der Waals surface area contributed by atoms with E-state index in [-0.39, 0.29) is 6.61 Å². The maximum atomic E-state index is 12.6. The number of anilines is 4. The second kappa shape index (κ2) is 12.3. The van der Waals surface area contributed by atoms with Gasteiger partial charge in [-0.25, -0.2) is 14.8 Å². The van der Waals surface area contributed by atoms with Crippen molar-refractivity contribution in [1.29, 1.82) is 0 Å². The lowest BCUT2D eigenvalue weighted by atomic mass is 10.1. The zero-order chi connectivity index (χ0) is 28.8. The SMILES string of the molecule is C=CC(=O)Nc1cc(Nc2nccc(-c3cn(C)c4ccccc34)n2)c(OC)cc1N(C)C(NC)C(=O)OCC. The van der Waals surface area contributed by atoms with Gasteiger partial charge in [0.1, 0.15) is 5.75 Å². The Bertz CT molecular complexity index is 1550. The Morgan fingerprint density at radius 1 is 1.20 bits per heavy atom. The van der Waals surface area contributed by atoms with E-state index in [0.717, 1.165) is 22.2 Å². The van der Waals surface area contributed by atoms with Gasteiger partial charge in [0.2, 0.25) is 11.9 Å². The van der Waals surface area contributed by atoms with Gasteiger partial charge < -0.3 is 29.6 Å². The van der Waals surface area contributed by atoms with Gasteiger partial charge in [0.15, 0.2) is 6.17 Å². The van der Waals surface area contributed by atoms with Crippen LogP contribution in [0.3, 0.4) is 0 Å². The number of likely N-dealkylation sites (N-methyl/N-ethyl adjacent to an activating group) is 2. The first-order chi connectivity index (χ1) is 19.3. The molecule has 0 fully saturated rings. The molecule has 11 heteroatoms. The van der Waals surface area contributed by atoms with E-state index < -0.39 is 18.0 Å². The number of nitrogens with one attached hydrogen (secondary N) is 3. The molecule has 2 aromatic carbocycles. The number of aromatic nitrogens is 3. The Morgan fingerprint density at radius 2 is 1.98 bits per heavy atom. The van der Waals surface area contributed by atoms with E-state index in [1.165, 1.54) is 13.2 Å². The fourth-order valence-electron chi connectivity index (χ4n) is 4.48. The van der Waals surface area contributed by atoms with E-state index in [0.29, 0.717) is 28.8 Å². The number of carbonyl (C=O) groups excluding carboxylic acids is 2. The summed E-state index contributed by atoms with van der Waals surface area (Å²) in [7, 11) is 6.88. The highest BCUT2D eigenvalue weighted by Crippen LogP contribution is 2.39. The van der Waals surface area contributed by atoms with Crippen LogP contribution in [0, 0.1) is 0 Å². The van der Waals surface area contributed by atoms with Crippen LogP contribution in [0.2, 0.25) is 0 Å². The summed E-state index contributed by atoms with van der Waals surface area (Å²) in [6.45, 7) is 5.52. The summed E-state index contributed by atoms with van der Waals surface area (Å²) < 4.78 is 12.9. The Labute approximate surface area is 232 Å². The van der Waals surface area contributed by atoms with E-state index in [4.69, 9.17) is 14.5 Å². The summed E-state index contributed by atoms with van der Waals surface area (Å²) in [5.74, 6) is -0.104. The highest BCUT2D eigenvalue weighted by Gasteiger charge is 2.26. The van der Waals surface area contributed by atoms with Crippen molar-refractivity contribution >= 4 is 45.8 Å². The number of amides is 1. The van der Waals surface area contributed by atoms with Crippen molar-refractivity contribution in [2.24, 2.45) is 7.05 Å². The summed E-state index contributed by atoms with van der Waals surface area (Å²) in [4.78, 5) is 35.7. The minimum Gasteiger partial charge on any atom is -0.494 e. The lowest BCUT2D eigenvalue weighted by Crippen LogP contribution is -2.49. The molecule has 1 amide bonds. The van der Waals surface area contributed by atoms with Gasteiger partial charge in [0.05, 0.1) is 36.5 Å². The molecule has 2 heterocycles. The van der Waals surface area contributed by atoms with Crippen LogP contribution in [-0.4, -0.2) is 60.4 Å². The molecular formula is C29H33N7O4. The Balaban J connectivity index is 1.74. The monoisotopic (exact) mass is 543 g/mol. The zero-order valence-corrected chi connectivity index (χ0v) is 23.2. The molecule has 4 aromatic rings. The van der Waals surface area contributed by atoms with Crippen molar-refractivity contribution in [3.05, 3.63) is 67.5 Å². The average Bonchev–Trinajstić information content (AvgIpc) is 3.30. The molecule has 0 aliphatic heterocycles. The van der Waals surface area contributed by atoms with Crippen molar-refractivity contribution in [1.82, 2.24) is 19.9 Å². The molecule has 0 saturated heterocycles. The van der Waals surface area contributed by atoms with E-state index >= 15 is 0 Å². The predicted molar refractivity (Wildman–Crippen MR) is 157 cm³/mol. The van der Waals surface area contributed by atoms with Crippen LogP contribution >= 0.6 is 0 Å². The van der Waals surface area contributed by atoms with Crippen molar-refractivity contribution in [3.63, 3.8) is 0 Å². The third-order valence-electron chi connectivity index (χ3n) is 6.39. The topological polar surface area (TPSA) is 123 Å².